The van der Waals surface area contributed by atoms with Gasteiger partial charge in [0.25, 0.3) is 0 Å². The smallest absolute Gasteiger partial charge is 0.407 e. The highest BCUT2D eigenvalue weighted by atomic mass is 35.5. The summed E-state index contributed by atoms with van der Waals surface area (Å²) in [6.45, 7) is 1.85. The summed E-state index contributed by atoms with van der Waals surface area (Å²) in [5.41, 5.74) is 1.46. The van der Waals surface area contributed by atoms with Crippen molar-refractivity contribution in [1.82, 2.24) is 19.4 Å². The van der Waals surface area contributed by atoms with Crippen LogP contribution < -0.4 is 11.0 Å². The van der Waals surface area contributed by atoms with Crippen LogP contribution in [0.1, 0.15) is 12.0 Å². The summed E-state index contributed by atoms with van der Waals surface area (Å²) in [7, 11) is 0. The van der Waals surface area contributed by atoms with Crippen molar-refractivity contribution in [3.63, 3.8) is 0 Å². The van der Waals surface area contributed by atoms with Crippen molar-refractivity contribution >= 4 is 46.3 Å². The van der Waals surface area contributed by atoms with Crippen molar-refractivity contribution in [3.05, 3.63) is 56.4 Å². The van der Waals surface area contributed by atoms with Gasteiger partial charge in [-0.15, -0.1) is 0 Å². The fraction of sp³-hybridized carbons (Fsp3) is 0.316. The Morgan fingerprint density at radius 1 is 1.28 bits per heavy atom. The molecule has 1 aliphatic rings. The zero-order chi connectivity index (χ0) is 20.5. The number of anilines is 1. The zero-order valence-corrected chi connectivity index (χ0v) is 16.9. The Morgan fingerprint density at radius 3 is 2.72 bits per heavy atom. The average molecular weight is 436 g/mol. The molecule has 1 amide bonds. The van der Waals surface area contributed by atoms with Gasteiger partial charge in [-0.1, -0.05) is 29.3 Å². The van der Waals surface area contributed by atoms with Crippen LogP contribution in [-0.2, 0) is 6.54 Å². The molecule has 29 heavy (non-hydrogen) atoms. The first-order valence-corrected chi connectivity index (χ1v) is 9.92. The number of hydrogen-bond donors (Lipinski definition) is 3. The molecule has 1 unspecified atom stereocenters. The van der Waals surface area contributed by atoms with E-state index >= 15 is 0 Å². The van der Waals surface area contributed by atoms with Crippen molar-refractivity contribution in [2.24, 2.45) is 5.92 Å². The van der Waals surface area contributed by atoms with E-state index in [1.165, 1.54) is 9.47 Å². The summed E-state index contributed by atoms with van der Waals surface area (Å²) in [5, 5.41) is 13.3. The van der Waals surface area contributed by atoms with Crippen LogP contribution in [-0.4, -0.2) is 50.3 Å². The van der Waals surface area contributed by atoms with Crippen molar-refractivity contribution in [2.45, 2.75) is 13.0 Å². The largest absolute Gasteiger partial charge is 0.465 e. The standard InChI is InChI=1S/C19H19Cl2N5O3/c20-13-2-1-3-14(21)12(13)10-26-17-15(23-18(26)27)4-5-16(24-17)22-8-11-6-7-25(9-11)19(28)29/h1-5,11H,6-10H2,(H,22,24)(H,23,27)(H,28,29). The van der Waals surface area contributed by atoms with E-state index in [0.717, 1.165) is 6.42 Å². The summed E-state index contributed by atoms with van der Waals surface area (Å²) in [6.07, 6.45) is -0.0804. The first-order chi connectivity index (χ1) is 13.9. The normalized spacial score (nSPS) is 16.5. The Hall–Kier alpha value is -2.71. The minimum atomic E-state index is -0.887. The molecule has 1 aromatic carbocycles. The van der Waals surface area contributed by atoms with Crippen LogP contribution in [0.2, 0.25) is 10.0 Å². The van der Waals surface area contributed by atoms with Crippen LogP contribution in [0.15, 0.2) is 35.1 Å². The fourth-order valence-corrected chi connectivity index (χ4v) is 4.06. The molecule has 1 aliphatic heterocycles. The van der Waals surface area contributed by atoms with Gasteiger partial charge in [-0.2, -0.15) is 0 Å². The van der Waals surface area contributed by atoms with Gasteiger partial charge in [0.2, 0.25) is 0 Å². The van der Waals surface area contributed by atoms with Gasteiger partial charge in [0.05, 0.1) is 12.1 Å². The average Bonchev–Trinajstić information content (AvgIpc) is 3.27. The molecule has 3 N–H and O–H groups in total. The lowest BCUT2D eigenvalue weighted by Crippen LogP contribution is -2.28. The number of likely N-dealkylation sites (tertiary alicyclic amines) is 1. The van der Waals surface area contributed by atoms with Gasteiger partial charge in [0.1, 0.15) is 5.82 Å². The molecule has 0 bridgehead atoms. The predicted molar refractivity (Wildman–Crippen MR) is 112 cm³/mol. The molecule has 152 valence electrons. The van der Waals surface area contributed by atoms with Crippen LogP contribution in [0.4, 0.5) is 10.6 Å². The third kappa shape index (κ3) is 4.04. The number of carbonyl (C=O) groups is 1. The van der Waals surface area contributed by atoms with E-state index in [4.69, 9.17) is 28.3 Å². The van der Waals surface area contributed by atoms with E-state index < -0.39 is 6.09 Å². The molecular formula is C19H19Cl2N5O3. The quantitative estimate of drug-likeness (QED) is 0.568. The topological polar surface area (TPSA) is 103 Å². The van der Waals surface area contributed by atoms with Crippen LogP contribution in [0.25, 0.3) is 11.2 Å². The van der Waals surface area contributed by atoms with Crippen molar-refractivity contribution in [3.8, 4) is 0 Å². The lowest BCUT2D eigenvalue weighted by Gasteiger charge is -2.13. The fourth-order valence-electron chi connectivity index (χ4n) is 3.54. The number of imidazole rings is 1. The number of hydrogen-bond acceptors (Lipinski definition) is 4. The lowest BCUT2D eigenvalue weighted by molar-refractivity contribution is 0.154. The Kier molecular flexibility index (Phi) is 5.38. The first-order valence-electron chi connectivity index (χ1n) is 9.16. The molecule has 10 heteroatoms. The number of rotatable bonds is 5. The van der Waals surface area contributed by atoms with Gasteiger partial charge in [-0.3, -0.25) is 4.57 Å². The Labute approximate surface area is 176 Å². The second-order valence-electron chi connectivity index (χ2n) is 7.05. The monoisotopic (exact) mass is 435 g/mol. The SMILES string of the molecule is O=C(O)N1CCC(CNc2ccc3[nH]c(=O)n(Cc4c(Cl)cccc4Cl)c3n2)C1. The van der Waals surface area contributed by atoms with Gasteiger partial charge in [0.15, 0.2) is 5.65 Å². The van der Waals surface area contributed by atoms with Crippen LogP contribution >= 0.6 is 23.2 Å². The van der Waals surface area contributed by atoms with Crippen molar-refractivity contribution in [1.29, 1.82) is 0 Å². The minimum absolute atomic E-state index is 0.198. The molecule has 1 atom stereocenters. The molecule has 1 fully saturated rings. The Morgan fingerprint density at radius 2 is 2.03 bits per heavy atom. The highest BCUT2D eigenvalue weighted by Gasteiger charge is 2.25. The van der Waals surface area contributed by atoms with Gasteiger partial charge in [-0.25, -0.2) is 14.6 Å². The second-order valence-corrected chi connectivity index (χ2v) is 7.86. The Bertz CT molecular complexity index is 1110. The molecule has 3 aromatic rings. The number of aromatic amines is 1. The van der Waals surface area contributed by atoms with Gasteiger partial charge < -0.3 is 20.3 Å². The summed E-state index contributed by atoms with van der Waals surface area (Å²) in [5.74, 6) is 0.836. The Balaban J connectivity index is 1.55. The molecule has 0 radical (unpaired) electrons. The summed E-state index contributed by atoms with van der Waals surface area (Å²) in [6, 6.07) is 8.78. The van der Waals surface area contributed by atoms with Crippen LogP contribution in [0, 0.1) is 5.92 Å². The number of aromatic nitrogens is 3. The van der Waals surface area contributed by atoms with E-state index in [1.807, 2.05) is 0 Å². The number of pyridine rings is 1. The number of nitrogens with one attached hydrogen (secondary N) is 2. The van der Waals surface area contributed by atoms with Crippen molar-refractivity contribution in [2.75, 3.05) is 25.0 Å². The number of halogens is 2. The number of carboxylic acid groups (broad SMARTS) is 1. The molecule has 0 aliphatic carbocycles. The van der Waals surface area contributed by atoms with Gasteiger partial charge >= 0.3 is 11.8 Å². The highest BCUT2D eigenvalue weighted by Crippen LogP contribution is 2.26. The highest BCUT2D eigenvalue weighted by molar-refractivity contribution is 6.36. The maximum atomic E-state index is 12.4. The number of fused-ring (bicyclic) bond motifs is 1. The first kappa shape index (κ1) is 19.6. The molecular weight excluding hydrogens is 417 g/mol. The summed E-state index contributed by atoms with van der Waals surface area (Å²) < 4.78 is 1.50. The number of benzene rings is 1. The van der Waals surface area contributed by atoms with E-state index in [0.29, 0.717) is 52.2 Å². The predicted octanol–water partition coefficient (Wildman–Crippen LogP) is 3.49. The molecule has 2 aromatic heterocycles. The molecule has 8 nitrogen and oxygen atoms in total. The summed E-state index contributed by atoms with van der Waals surface area (Å²) in [4.78, 5) is 32.3. The molecule has 4 rings (SSSR count). The van der Waals surface area contributed by atoms with Gasteiger partial charge in [0, 0.05) is 35.2 Å². The van der Waals surface area contributed by atoms with E-state index in [-0.39, 0.29) is 18.2 Å². The van der Waals surface area contributed by atoms with E-state index in [1.54, 1.807) is 30.3 Å². The summed E-state index contributed by atoms with van der Waals surface area (Å²) >= 11 is 12.5. The van der Waals surface area contributed by atoms with E-state index in [2.05, 4.69) is 15.3 Å². The van der Waals surface area contributed by atoms with Crippen LogP contribution in [0.3, 0.4) is 0 Å². The molecule has 0 saturated carbocycles. The number of amides is 1. The van der Waals surface area contributed by atoms with E-state index in [9.17, 15) is 9.59 Å². The maximum Gasteiger partial charge on any atom is 0.407 e. The van der Waals surface area contributed by atoms with Gasteiger partial charge in [-0.05, 0) is 36.6 Å². The minimum Gasteiger partial charge on any atom is -0.465 e. The lowest BCUT2D eigenvalue weighted by atomic mass is 10.1. The number of nitrogens with zero attached hydrogens (tertiary/aromatic N) is 3. The third-order valence-corrected chi connectivity index (χ3v) is 5.83. The third-order valence-electron chi connectivity index (χ3n) is 5.12. The van der Waals surface area contributed by atoms with Crippen molar-refractivity contribution < 1.29 is 9.90 Å². The molecule has 0 spiro atoms. The maximum absolute atomic E-state index is 12.4. The van der Waals surface area contributed by atoms with Crippen LogP contribution in [0.5, 0.6) is 0 Å². The zero-order valence-electron chi connectivity index (χ0n) is 15.4. The molecule has 3 heterocycles. The second kappa shape index (κ2) is 7.96. The molecule has 1 saturated heterocycles. The number of H-pyrrole nitrogens is 1.